The molecular weight excluding hydrogens is 483 g/mol. The van der Waals surface area contributed by atoms with Crippen molar-refractivity contribution in [3.8, 4) is 0 Å². The van der Waals surface area contributed by atoms with Crippen LogP contribution in [0.1, 0.15) is 31.0 Å². The summed E-state index contributed by atoms with van der Waals surface area (Å²) < 4.78 is 3.31. The molecule has 0 spiro atoms. The van der Waals surface area contributed by atoms with Crippen molar-refractivity contribution in [1.29, 1.82) is 0 Å². The number of nitrogens with zero attached hydrogens (tertiary/aromatic N) is 2. The second kappa shape index (κ2) is 7.75. The van der Waals surface area contributed by atoms with E-state index in [0.717, 1.165) is 37.4 Å². The number of para-hydroxylation sites is 1. The molecule has 142 valence electrons. The second-order valence-corrected chi connectivity index (χ2v) is 9.24. The summed E-state index contributed by atoms with van der Waals surface area (Å²) >= 11 is 3.25. The van der Waals surface area contributed by atoms with Crippen molar-refractivity contribution >= 4 is 62.5 Å². The van der Waals surface area contributed by atoms with Crippen molar-refractivity contribution in [2.24, 2.45) is 0 Å². The zero-order valence-electron chi connectivity index (χ0n) is 15.6. The second-order valence-electron chi connectivity index (χ2n) is 7.00. The van der Waals surface area contributed by atoms with Crippen LogP contribution in [-0.2, 0) is 11.3 Å². The van der Waals surface area contributed by atoms with Gasteiger partial charge < -0.3 is 4.57 Å². The third-order valence-corrected chi connectivity index (χ3v) is 6.37. The van der Waals surface area contributed by atoms with Crippen molar-refractivity contribution in [3.63, 3.8) is 0 Å². The minimum absolute atomic E-state index is 0.220. The molecule has 0 radical (unpaired) electrons. The lowest BCUT2D eigenvalue weighted by Gasteiger charge is -2.12. The van der Waals surface area contributed by atoms with Crippen molar-refractivity contribution in [1.82, 2.24) is 9.47 Å². The lowest BCUT2D eigenvalue weighted by molar-refractivity contribution is -0.123. The average molecular weight is 502 g/mol. The Morgan fingerprint density at radius 1 is 1.07 bits per heavy atom. The van der Waals surface area contributed by atoms with Crippen LogP contribution in [0.3, 0.4) is 0 Å². The van der Waals surface area contributed by atoms with Crippen molar-refractivity contribution in [2.75, 3.05) is 0 Å². The largest absolute Gasteiger partial charge is 0.344 e. The maximum atomic E-state index is 12.9. The van der Waals surface area contributed by atoms with Gasteiger partial charge in [0.25, 0.3) is 11.1 Å². The highest BCUT2D eigenvalue weighted by atomic mass is 127. The van der Waals surface area contributed by atoms with E-state index in [1.165, 1.54) is 4.90 Å². The first-order valence-electron chi connectivity index (χ1n) is 9.03. The Labute approximate surface area is 181 Å². The molecule has 2 heterocycles. The summed E-state index contributed by atoms with van der Waals surface area (Å²) in [6.45, 7) is 4.56. The maximum absolute atomic E-state index is 12.9. The Balaban J connectivity index is 1.66. The monoisotopic (exact) mass is 502 g/mol. The summed E-state index contributed by atoms with van der Waals surface area (Å²) in [7, 11) is 0. The van der Waals surface area contributed by atoms with E-state index in [1.54, 1.807) is 0 Å². The number of fused-ring (bicyclic) bond motifs is 1. The predicted molar refractivity (Wildman–Crippen MR) is 123 cm³/mol. The van der Waals surface area contributed by atoms with Crippen LogP contribution in [0.5, 0.6) is 0 Å². The van der Waals surface area contributed by atoms with Crippen molar-refractivity contribution < 1.29 is 9.59 Å². The van der Waals surface area contributed by atoms with Gasteiger partial charge in [0.2, 0.25) is 0 Å². The van der Waals surface area contributed by atoms with E-state index < -0.39 is 0 Å². The summed E-state index contributed by atoms with van der Waals surface area (Å²) in [5.74, 6) is -0.227. The fraction of sp³-hybridized carbons (Fsp3) is 0.182. The molecule has 0 N–H and O–H groups in total. The molecule has 1 fully saturated rings. The molecular formula is C22H19IN2O2S. The number of halogens is 1. The van der Waals surface area contributed by atoms with E-state index in [0.29, 0.717) is 17.5 Å². The van der Waals surface area contributed by atoms with Gasteiger partial charge in [-0.3, -0.25) is 14.5 Å². The lowest BCUT2D eigenvalue weighted by Crippen LogP contribution is -2.27. The van der Waals surface area contributed by atoms with Gasteiger partial charge in [-0.25, -0.2) is 0 Å². The van der Waals surface area contributed by atoms with Crippen LogP contribution in [-0.4, -0.2) is 20.6 Å². The first-order chi connectivity index (χ1) is 13.4. The third-order valence-electron chi connectivity index (χ3n) is 4.74. The van der Waals surface area contributed by atoms with Crippen LogP contribution < -0.4 is 0 Å². The summed E-state index contributed by atoms with van der Waals surface area (Å²) in [4.78, 5) is 27.1. The molecule has 1 aliphatic heterocycles. The molecule has 0 bridgehead atoms. The Morgan fingerprint density at radius 3 is 2.50 bits per heavy atom. The van der Waals surface area contributed by atoms with Gasteiger partial charge in [-0.15, -0.1) is 0 Å². The minimum atomic E-state index is -0.227. The van der Waals surface area contributed by atoms with E-state index in [4.69, 9.17) is 0 Å². The maximum Gasteiger partial charge on any atom is 0.293 e. The molecule has 1 aromatic heterocycles. The highest BCUT2D eigenvalue weighted by Gasteiger charge is 2.35. The minimum Gasteiger partial charge on any atom is -0.344 e. The molecule has 2 amide bonds. The first kappa shape index (κ1) is 19.3. The van der Waals surface area contributed by atoms with Gasteiger partial charge in [-0.1, -0.05) is 30.3 Å². The SMILES string of the molecule is CC(C)n1cc(/C=C2/SC(=O)N(Cc3ccc(I)cc3)C2=O)c2ccccc21. The lowest BCUT2D eigenvalue weighted by atomic mass is 10.1. The molecule has 0 unspecified atom stereocenters. The molecule has 2 aromatic carbocycles. The number of carbonyl (C=O) groups is 2. The molecule has 6 heteroatoms. The van der Waals surface area contributed by atoms with Gasteiger partial charge in [-0.2, -0.15) is 0 Å². The normalized spacial score (nSPS) is 16.1. The summed E-state index contributed by atoms with van der Waals surface area (Å²) in [6, 6.07) is 16.3. The van der Waals surface area contributed by atoms with E-state index in [9.17, 15) is 9.59 Å². The third kappa shape index (κ3) is 3.63. The van der Waals surface area contributed by atoms with Gasteiger partial charge in [-0.05, 0) is 78.0 Å². The number of rotatable bonds is 4. The number of amides is 2. The van der Waals surface area contributed by atoms with Gasteiger partial charge in [0.1, 0.15) is 0 Å². The fourth-order valence-corrected chi connectivity index (χ4v) is 4.51. The predicted octanol–water partition coefficient (Wildman–Crippen LogP) is 6.06. The Bertz CT molecular complexity index is 1100. The highest BCUT2D eigenvalue weighted by Crippen LogP contribution is 2.35. The van der Waals surface area contributed by atoms with Crippen LogP contribution >= 0.6 is 34.4 Å². The van der Waals surface area contributed by atoms with Gasteiger partial charge >= 0.3 is 0 Å². The standard InChI is InChI=1S/C22H19IN2O2S/c1-14(2)24-13-16(18-5-3-4-6-19(18)24)11-20-21(26)25(22(27)28-20)12-15-7-9-17(23)10-8-15/h3-11,13-14H,12H2,1-2H3/b20-11+. The molecule has 1 aliphatic rings. The van der Waals surface area contributed by atoms with Crippen LogP contribution in [0.4, 0.5) is 4.79 Å². The molecule has 3 aromatic rings. The number of benzene rings is 2. The highest BCUT2D eigenvalue weighted by molar-refractivity contribution is 14.1. The Hall–Kier alpha value is -2.06. The zero-order valence-corrected chi connectivity index (χ0v) is 18.5. The Morgan fingerprint density at radius 2 is 1.79 bits per heavy atom. The number of thioether (sulfide) groups is 1. The quantitative estimate of drug-likeness (QED) is 0.322. The topological polar surface area (TPSA) is 42.3 Å². The number of aromatic nitrogens is 1. The number of hydrogen-bond donors (Lipinski definition) is 0. The van der Waals surface area contributed by atoms with Gasteiger partial charge in [0.15, 0.2) is 0 Å². The Kier molecular flexibility index (Phi) is 5.33. The number of hydrogen-bond acceptors (Lipinski definition) is 3. The van der Waals surface area contributed by atoms with E-state index in [1.807, 2.05) is 42.5 Å². The fourth-order valence-electron chi connectivity index (χ4n) is 3.32. The van der Waals surface area contributed by atoms with Gasteiger partial charge in [0, 0.05) is 32.3 Å². The smallest absolute Gasteiger partial charge is 0.293 e. The first-order valence-corrected chi connectivity index (χ1v) is 10.9. The van der Waals surface area contributed by atoms with Gasteiger partial charge in [0.05, 0.1) is 11.4 Å². The molecule has 0 aliphatic carbocycles. The van der Waals surface area contributed by atoms with Crippen LogP contribution in [0, 0.1) is 3.57 Å². The van der Waals surface area contributed by atoms with Crippen LogP contribution in [0.25, 0.3) is 17.0 Å². The molecule has 28 heavy (non-hydrogen) atoms. The molecule has 0 atom stereocenters. The number of carbonyl (C=O) groups excluding carboxylic acids is 2. The average Bonchev–Trinajstić information content (AvgIpc) is 3.17. The van der Waals surface area contributed by atoms with E-state index in [-0.39, 0.29) is 11.1 Å². The number of imide groups is 1. The molecule has 0 saturated carbocycles. The zero-order chi connectivity index (χ0) is 19.8. The summed E-state index contributed by atoms with van der Waals surface area (Å²) in [5, 5.41) is 0.864. The summed E-state index contributed by atoms with van der Waals surface area (Å²) in [6.07, 6.45) is 3.91. The van der Waals surface area contributed by atoms with Crippen molar-refractivity contribution in [3.05, 3.63) is 74.3 Å². The molecule has 4 rings (SSSR count). The van der Waals surface area contributed by atoms with Crippen LogP contribution in [0.2, 0.25) is 0 Å². The molecule has 4 nitrogen and oxygen atoms in total. The van der Waals surface area contributed by atoms with E-state index >= 15 is 0 Å². The molecule has 1 saturated heterocycles. The van der Waals surface area contributed by atoms with E-state index in [2.05, 4.69) is 59.3 Å². The van der Waals surface area contributed by atoms with Crippen LogP contribution in [0.15, 0.2) is 59.6 Å². The van der Waals surface area contributed by atoms with Crippen molar-refractivity contribution in [2.45, 2.75) is 26.4 Å². The summed E-state index contributed by atoms with van der Waals surface area (Å²) in [5.41, 5.74) is 3.03.